The molecular weight excluding hydrogens is 280 g/mol. The Morgan fingerprint density at radius 1 is 0.696 bits per heavy atom. The fourth-order valence-corrected chi connectivity index (χ4v) is 3.60. The Morgan fingerprint density at radius 2 is 1.09 bits per heavy atom. The zero-order chi connectivity index (χ0) is 17.0. The van der Waals surface area contributed by atoms with Crippen LogP contribution in [0.25, 0.3) is 0 Å². The van der Waals surface area contributed by atoms with Gasteiger partial charge in [-0.1, -0.05) is 38.1 Å². The molecular formula is C21H30N2. The summed E-state index contributed by atoms with van der Waals surface area (Å²) in [5, 5.41) is 0. The molecule has 0 radical (unpaired) electrons. The average Bonchev–Trinajstić information content (AvgIpc) is 2.53. The van der Waals surface area contributed by atoms with Gasteiger partial charge in [-0.05, 0) is 77.6 Å². The van der Waals surface area contributed by atoms with Crippen molar-refractivity contribution in [3.05, 3.63) is 68.8 Å². The normalized spacial score (nSPS) is 11.0. The standard InChI is InChI=1S/C21H30N2/c1-5-18-10-16(7-14(3)20(18)12-22)9-17-8-15(4)21(13-23)19(6-2)11-17/h7-8,10-11H,5-6,9,12-13,22-23H2,1-4H3. The van der Waals surface area contributed by atoms with Gasteiger partial charge >= 0.3 is 0 Å². The fraction of sp³-hybridized carbons (Fsp3) is 0.429. The third-order valence-electron chi connectivity index (χ3n) is 4.83. The van der Waals surface area contributed by atoms with Crippen LogP contribution in [-0.4, -0.2) is 0 Å². The van der Waals surface area contributed by atoms with E-state index in [-0.39, 0.29) is 0 Å². The van der Waals surface area contributed by atoms with E-state index in [0.29, 0.717) is 13.1 Å². The van der Waals surface area contributed by atoms with Crippen molar-refractivity contribution in [2.75, 3.05) is 0 Å². The largest absolute Gasteiger partial charge is 0.326 e. The third kappa shape index (κ3) is 3.82. The Kier molecular flexibility index (Phi) is 5.97. The lowest BCUT2D eigenvalue weighted by Gasteiger charge is -2.15. The van der Waals surface area contributed by atoms with Gasteiger partial charge in [-0.2, -0.15) is 0 Å². The number of hydrogen-bond donors (Lipinski definition) is 2. The average molecular weight is 310 g/mol. The highest BCUT2D eigenvalue weighted by Gasteiger charge is 2.09. The lowest BCUT2D eigenvalue weighted by molar-refractivity contribution is 0.964. The Balaban J connectivity index is 2.39. The predicted molar refractivity (Wildman–Crippen MR) is 99.7 cm³/mol. The topological polar surface area (TPSA) is 52.0 Å². The summed E-state index contributed by atoms with van der Waals surface area (Å²) in [6, 6.07) is 9.23. The van der Waals surface area contributed by atoms with E-state index in [9.17, 15) is 0 Å². The maximum Gasteiger partial charge on any atom is 0.0183 e. The molecule has 2 aromatic rings. The quantitative estimate of drug-likeness (QED) is 0.849. The van der Waals surface area contributed by atoms with E-state index in [1.165, 1.54) is 44.5 Å². The van der Waals surface area contributed by atoms with Crippen LogP contribution >= 0.6 is 0 Å². The first kappa shape index (κ1) is 17.7. The number of hydrogen-bond acceptors (Lipinski definition) is 2. The minimum atomic E-state index is 0.625. The summed E-state index contributed by atoms with van der Waals surface area (Å²) in [6.07, 6.45) is 3.04. The molecule has 0 saturated carbocycles. The maximum atomic E-state index is 5.91. The van der Waals surface area contributed by atoms with Gasteiger partial charge in [-0.3, -0.25) is 0 Å². The van der Waals surface area contributed by atoms with E-state index >= 15 is 0 Å². The molecule has 0 aliphatic heterocycles. The van der Waals surface area contributed by atoms with E-state index in [0.717, 1.165) is 19.3 Å². The second-order valence-corrected chi connectivity index (χ2v) is 6.39. The summed E-state index contributed by atoms with van der Waals surface area (Å²) in [7, 11) is 0. The zero-order valence-electron chi connectivity index (χ0n) is 15.0. The first-order valence-corrected chi connectivity index (χ1v) is 8.66. The van der Waals surface area contributed by atoms with Gasteiger partial charge in [0.2, 0.25) is 0 Å². The molecule has 2 aromatic carbocycles. The Morgan fingerprint density at radius 3 is 1.39 bits per heavy atom. The van der Waals surface area contributed by atoms with Crippen LogP contribution in [0, 0.1) is 13.8 Å². The molecule has 0 saturated heterocycles. The molecule has 0 aliphatic rings. The van der Waals surface area contributed by atoms with Crippen LogP contribution in [0.3, 0.4) is 0 Å². The van der Waals surface area contributed by atoms with Gasteiger partial charge in [0.15, 0.2) is 0 Å². The van der Waals surface area contributed by atoms with E-state index in [1.54, 1.807) is 0 Å². The molecule has 2 rings (SSSR count). The fourth-order valence-electron chi connectivity index (χ4n) is 3.60. The lowest BCUT2D eigenvalue weighted by Crippen LogP contribution is -2.07. The van der Waals surface area contributed by atoms with E-state index < -0.39 is 0 Å². The van der Waals surface area contributed by atoms with Crippen molar-refractivity contribution in [2.45, 2.75) is 60.0 Å². The van der Waals surface area contributed by atoms with E-state index in [4.69, 9.17) is 11.5 Å². The molecule has 0 bridgehead atoms. The molecule has 0 aromatic heterocycles. The monoisotopic (exact) mass is 310 g/mol. The van der Waals surface area contributed by atoms with Crippen molar-refractivity contribution in [2.24, 2.45) is 11.5 Å². The van der Waals surface area contributed by atoms with Crippen LogP contribution in [0.4, 0.5) is 0 Å². The third-order valence-corrected chi connectivity index (χ3v) is 4.83. The molecule has 0 amide bonds. The SMILES string of the molecule is CCc1cc(Cc2cc(C)c(CN)c(CC)c2)cc(C)c1CN. The molecule has 2 nitrogen and oxygen atoms in total. The molecule has 0 unspecified atom stereocenters. The summed E-state index contributed by atoms with van der Waals surface area (Å²) in [5.41, 5.74) is 22.6. The van der Waals surface area contributed by atoms with Gasteiger partial charge < -0.3 is 11.5 Å². The highest BCUT2D eigenvalue weighted by atomic mass is 14.5. The molecule has 23 heavy (non-hydrogen) atoms. The highest BCUT2D eigenvalue weighted by Crippen LogP contribution is 2.23. The lowest BCUT2D eigenvalue weighted by atomic mass is 9.91. The van der Waals surface area contributed by atoms with Gasteiger partial charge in [-0.25, -0.2) is 0 Å². The first-order valence-electron chi connectivity index (χ1n) is 8.66. The molecule has 124 valence electrons. The maximum absolute atomic E-state index is 5.91. The number of aryl methyl sites for hydroxylation is 4. The molecule has 0 fully saturated rings. The zero-order valence-corrected chi connectivity index (χ0v) is 15.0. The molecule has 0 atom stereocenters. The van der Waals surface area contributed by atoms with Crippen molar-refractivity contribution >= 4 is 0 Å². The van der Waals surface area contributed by atoms with Crippen LogP contribution < -0.4 is 11.5 Å². The second kappa shape index (κ2) is 7.76. The Bertz CT molecular complexity index is 627. The first-order chi connectivity index (χ1) is 11.0. The van der Waals surface area contributed by atoms with Crippen molar-refractivity contribution < 1.29 is 0 Å². The van der Waals surface area contributed by atoms with Gasteiger partial charge in [0.05, 0.1) is 0 Å². The molecule has 2 heteroatoms. The summed E-state index contributed by atoms with van der Waals surface area (Å²) >= 11 is 0. The smallest absolute Gasteiger partial charge is 0.0183 e. The van der Waals surface area contributed by atoms with Crippen LogP contribution in [0.2, 0.25) is 0 Å². The number of benzene rings is 2. The minimum absolute atomic E-state index is 0.625. The molecule has 0 heterocycles. The van der Waals surface area contributed by atoms with Crippen LogP contribution in [-0.2, 0) is 32.4 Å². The Labute approximate surface area is 140 Å². The van der Waals surface area contributed by atoms with Gasteiger partial charge in [0.1, 0.15) is 0 Å². The van der Waals surface area contributed by atoms with Crippen molar-refractivity contribution in [1.29, 1.82) is 0 Å². The van der Waals surface area contributed by atoms with Crippen LogP contribution in [0.1, 0.15) is 58.4 Å². The highest BCUT2D eigenvalue weighted by molar-refractivity contribution is 5.43. The summed E-state index contributed by atoms with van der Waals surface area (Å²) < 4.78 is 0. The molecule has 0 aliphatic carbocycles. The van der Waals surface area contributed by atoms with E-state index in [2.05, 4.69) is 52.0 Å². The van der Waals surface area contributed by atoms with Gasteiger partial charge in [0, 0.05) is 13.1 Å². The predicted octanol–water partition coefficient (Wildman–Crippen LogP) is 3.94. The van der Waals surface area contributed by atoms with Crippen LogP contribution in [0.5, 0.6) is 0 Å². The summed E-state index contributed by atoms with van der Waals surface area (Å²) in [5.74, 6) is 0. The van der Waals surface area contributed by atoms with Crippen molar-refractivity contribution in [3.63, 3.8) is 0 Å². The van der Waals surface area contributed by atoms with E-state index in [1.807, 2.05) is 0 Å². The molecule has 4 N–H and O–H groups in total. The number of nitrogens with two attached hydrogens (primary N) is 2. The Hall–Kier alpha value is -1.64. The summed E-state index contributed by atoms with van der Waals surface area (Å²) in [4.78, 5) is 0. The second-order valence-electron chi connectivity index (χ2n) is 6.39. The van der Waals surface area contributed by atoms with Gasteiger partial charge in [0.25, 0.3) is 0 Å². The number of rotatable bonds is 6. The van der Waals surface area contributed by atoms with Crippen molar-refractivity contribution in [1.82, 2.24) is 0 Å². The summed E-state index contributed by atoms with van der Waals surface area (Å²) in [6.45, 7) is 10.00. The minimum Gasteiger partial charge on any atom is -0.326 e. The van der Waals surface area contributed by atoms with Gasteiger partial charge in [-0.15, -0.1) is 0 Å². The van der Waals surface area contributed by atoms with Crippen LogP contribution in [0.15, 0.2) is 24.3 Å². The van der Waals surface area contributed by atoms with Crippen molar-refractivity contribution in [3.8, 4) is 0 Å². The molecule has 0 spiro atoms.